The zero-order valence-electron chi connectivity index (χ0n) is 18.7. The van der Waals surface area contributed by atoms with Crippen LogP contribution in [0.5, 0.6) is 5.75 Å². The predicted molar refractivity (Wildman–Crippen MR) is 115 cm³/mol. The van der Waals surface area contributed by atoms with Gasteiger partial charge < -0.3 is 19.3 Å². The van der Waals surface area contributed by atoms with Crippen molar-refractivity contribution in [3.8, 4) is 5.75 Å². The van der Waals surface area contributed by atoms with Crippen LogP contribution < -0.4 is 4.74 Å². The molecular weight excluding hydrogens is 400 g/mol. The number of benzene rings is 1. The summed E-state index contributed by atoms with van der Waals surface area (Å²) in [6.07, 6.45) is -0.696. The van der Waals surface area contributed by atoms with Crippen LogP contribution in [0.25, 0.3) is 0 Å². The van der Waals surface area contributed by atoms with Crippen molar-refractivity contribution in [1.82, 2.24) is 4.90 Å². The molecule has 3 rings (SSSR count). The van der Waals surface area contributed by atoms with Gasteiger partial charge in [0.15, 0.2) is 0 Å². The lowest BCUT2D eigenvalue weighted by molar-refractivity contribution is -0.160. The molecule has 1 N–H and O–H groups in total. The van der Waals surface area contributed by atoms with Crippen LogP contribution in [-0.2, 0) is 19.1 Å². The first-order valence-electron chi connectivity index (χ1n) is 10.4. The number of hydrogen-bond donors (Lipinski definition) is 1. The smallest absolute Gasteiger partial charge is 0.342 e. The van der Waals surface area contributed by atoms with Gasteiger partial charge >= 0.3 is 5.97 Å². The maximum absolute atomic E-state index is 13.4. The van der Waals surface area contributed by atoms with Crippen molar-refractivity contribution in [1.29, 1.82) is 0 Å². The monoisotopic (exact) mass is 430 g/mol. The minimum atomic E-state index is -1.68. The van der Waals surface area contributed by atoms with E-state index in [0.717, 1.165) is 5.75 Å². The number of carbonyl (C=O) groups is 2. The van der Waals surface area contributed by atoms with E-state index in [-0.39, 0.29) is 31.1 Å². The van der Waals surface area contributed by atoms with E-state index in [2.05, 4.69) is 4.99 Å². The van der Waals surface area contributed by atoms with E-state index < -0.39 is 29.1 Å². The number of rotatable bonds is 7. The van der Waals surface area contributed by atoms with Crippen LogP contribution in [-0.4, -0.2) is 65.7 Å². The number of aliphatic hydroxyl groups is 1. The Morgan fingerprint density at radius 1 is 1.32 bits per heavy atom. The third-order valence-electron chi connectivity index (χ3n) is 5.33. The molecule has 8 nitrogen and oxygen atoms in total. The van der Waals surface area contributed by atoms with E-state index in [4.69, 9.17) is 14.2 Å². The van der Waals surface area contributed by atoms with Gasteiger partial charge in [0, 0.05) is 11.1 Å². The second kappa shape index (κ2) is 8.70. The fraction of sp³-hybridized carbons (Fsp3) is 0.522. The summed E-state index contributed by atoms with van der Waals surface area (Å²) in [6.45, 7) is 9.58. The molecule has 31 heavy (non-hydrogen) atoms. The molecular formula is C23H30N2O6. The molecule has 0 aromatic heterocycles. The van der Waals surface area contributed by atoms with E-state index in [1.54, 1.807) is 13.8 Å². The lowest BCUT2D eigenvalue weighted by atomic mass is 9.91. The molecule has 2 aliphatic heterocycles. The van der Waals surface area contributed by atoms with Gasteiger partial charge in [0.1, 0.15) is 29.9 Å². The first-order chi connectivity index (χ1) is 14.6. The van der Waals surface area contributed by atoms with Crippen molar-refractivity contribution in [2.24, 2.45) is 10.4 Å². The summed E-state index contributed by atoms with van der Waals surface area (Å²) in [6, 6.07) is 9.33. The van der Waals surface area contributed by atoms with Crippen LogP contribution >= 0.6 is 0 Å². The molecule has 2 atom stereocenters. The molecule has 2 heterocycles. The van der Waals surface area contributed by atoms with Crippen molar-refractivity contribution < 1.29 is 28.9 Å². The second-order valence-electron chi connectivity index (χ2n) is 8.64. The van der Waals surface area contributed by atoms with Gasteiger partial charge in [0.05, 0.1) is 19.8 Å². The average Bonchev–Trinajstić information content (AvgIpc) is 3.22. The minimum absolute atomic E-state index is 0.0188. The molecule has 2 aliphatic rings. The van der Waals surface area contributed by atoms with Gasteiger partial charge in [0.2, 0.25) is 5.54 Å². The Balaban J connectivity index is 1.87. The molecule has 0 spiro atoms. The number of amides is 1. The Labute approximate surface area is 182 Å². The summed E-state index contributed by atoms with van der Waals surface area (Å²) < 4.78 is 16.7. The van der Waals surface area contributed by atoms with Crippen LogP contribution in [0.1, 0.15) is 34.6 Å². The highest BCUT2D eigenvalue weighted by atomic mass is 16.6. The molecule has 1 aromatic carbocycles. The van der Waals surface area contributed by atoms with Crippen molar-refractivity contribution in [3.63, 3.8) is 0 Å². The molecule has 1 fully saturated rings. The summed E-state index contributed by atoms with van der Waals surface area (Å²) >= 11 is 0. The number of ether oxygens (including phenoxy) is 3. The highest BCUT2D eigenvalue weighted by molar-refractivity contribution is 6.25. The first-order valence-corrected chi connectivity index (χ1v) is 10.4. The van der Waals surface area contributed by atoms with Crippen LogP contribution in [0.4, 0.5) is 0 Å². The second-order valence-corrected chi connectivity index (χ2v) is 8.64. The number of carbonyl (C=O) groups excluding carboxylic acids is 2. The Bertz CT molecular complexity index is 902. The standard InChI is InChI=1S/C23H30N2O6/c1-6-29-21(28)23-14-31-20(22(3,4)5)25(23)19(27)17(18(23)26)15(2)24-12-13-30-16-10-8-7-9-11-16/h7-11,20,26H,6,12-14H2,1-5H3/t20-,23-/m1/s1. The Morgan fingerprint density at radius 2 is 2.00 bits per heavy atom. The zero-order valence-corrected chi connectivity index (χ0v) is 18.7. The number of aliphatic imine (C=N–C) groups is 1. The highest BCUT2D eigenvalue weighted by Gasteiger charge is 2.67. The number of esters is 1. The van der Waals surface area contributed by atoms with E-state index in [1.165, 1.54) is 4.90 Å². The lowest BCUT2D eigenvalue weighted by Crippen LogP contribution is -2.57. The molecule has 0 radical (unpaired) electrons. The van der Waals surface area contributed by atoms with Crippen molar-refractivity contribution in [3.05, 3.63) is 41.7 Å². The Hall–Kier alpha value is -2.87. The molecule has 1 aromatic rings. The fourth-order valence-electron chi connectivity index (χ4n) is 3.88. The van der Waals surface area contributed by atoms with Crippen molar-refractivity contribution in [2.75, 3.05) is 26.4 Å². The van der Waals surface area contributed by atoms with Crippen molar-refractivity contribution in [2.45, 2.75) is 46.4 Å². The zero-order chi connectivity index (χ0) is 22.8. The maximum Gasteiger partial charge on any atom is 0.342 e. The molecule has 1 amide bonds. The van der Waals surface area contributed by atoms with Gasteiger partial charge in [-0.25, -0.2) is 4.79 Å². The summed E-state index contributed by atoms with van der Waals surface area (Å²) in [5.41, 5.74) is -1.80. The number of hydrogen-bond acceptors (Lipinski definition) is 7. The Kier molecular flexibility index (Phi) is 6.40. The summed E-state index contributed by atoms with van der Waals surface area (Å²) in [4.78, 5) is 32.0. The lowest BCUT2D eigenvalue weighted by Gasteiger charge is -2.36. The molecule has 0 saturated carbocycles. The SMILES string of the molecule is CCOC(=O)[C@]12CO[C@H](C(C)(C)C)N1C(=O)C(C(C)=NCCOc1ccccc1)=C2O. The number of aliphatic hydroxyl groups excluding tert-OH is 1. The topological polar surface area (TPSA) is 97.7 Å². The molecule has 0 unspecified atom stereocenters. The van der Waals surface area contributed by atoms with Gasteiger partial charge in [0.25, 0.3) is 5.91 Å². The van der Waals surface area contributed by atoms with Crippen LogP contribution in [0.3, 0.4) is 0 Å². The molecule has 0 bridgehead atoms. The van der Waals surface area contributed by atoms with Gasteiger partial charge in [-0.05, 0) is 26.0 Å². The van der Waals surface area contributed by atoms with E-state index in [0.29, 0.717) is 12.3 Å². The van der Waals surface area contributed by atoms with E-state index in [9.17, 15) is 14.7 Å². The molecule has 0 aliphatic carbocycles. The summed E-state index contributed by atoms with van der Waals surface area (Å²) in [5.74, 6) is -0.842. The van der Waals surface area contributed by atoms with Crippen LogP contribution in [0.15, 0.2) is 46.7 Å². The normalized spacial score (nSPS) is 23.9. The molecule has 1 saturated heterocycles. The van der Waals surface area contributed by atoms with E-state index >= 15 is 0 Å². The van der Waals surface area contributed by atoms with Crippen LogP contribution in [0.2, 0.25) is 0 Å². The number of para-hydroxylation sites is 1. The van der Waals surface area contributed by atoms with Gasteiger partial charge in [-0.15, -0.1) is 0 Å². The quantitative estimate of drug-likeness (QED) is 0.406. The third-order valence-corrected chi connectivity index (χ3v) is 5.33. The molecule has 8 heteroatoms. The summed E-state index contributed by atoms with van der Waals surface area (Å²) in [5, 5.41) is 11.1. The maximum atomic E-state index is 13.4. The number of nitrogens with zero attached hydrogens (tertiary/aromatic N) is 2. The summed E-state index contributed by atoms with van der Waals surface area (Å²) in [7, 11) is 0. The van der Waals surface area contributed by atoms with E-state index in [1.807, 2.05) is 51.1 Å². The molecule has 168 valence electrons. The average molecular weight is 431 g/mol. The fourth-order valence-corrected chi connectivity index (χ4v) is 3.88. The number of fused-ring (bicyclic) bond motifs is 1. The van der Waals surface area contributed by atoms with Crippen LogP contribution in [0, 0.1) is 5.41 Å². The Morgan fingerprint density at radius 3 is 2.61 bits per heavy atom. The third kappa shape index (κ3) is 4.04. The van der Waals surface area contributed by atoms with Gasteiger partial charge in [-0.3, -0.25) is 14.7 Å². The minimum Gasteiger partial charge on any atom is -0.508 e. The van der Waals surface area contributed by atoms with Crippen molar-refractivity contribution >= 4 is 17.6 Å². The predicted octanol–water partition coefficient (Wildman–Crippen LogP) is 2.88. The highest BCUT2D eigenvalue weighted by Crippen LogP contribution is 2.46. The first kappa shape index (κ1) is 22.8. The van der Waals surface area contributed by atoms with Gasteiger partial charge in [-0.1, -0.05) is 39.0 Å². The largest absolute Gasteiger partial charge is 0.508 e. The van der Waals surface area contributed by atoms with Gasteiger partial charge in [-0.2, -0.15) is 0 Å².